The highest BCUT2D eigenvalue weighted by molar-refractivity contribution is 7.98. The second-order valence-corrected chi connectivity index (χ2v) is 4.88. The van der Waals surface area contributed by atoms with Crippen molar-refractivity contribution < 1.29 is 5.11 Å². The molecule has 0 aliphatic rings. The molecule has 3 heteroatoms. The van der Waals surface area contributed by atoms with Gasteiger partial charge in [-0.05, 0) is 37.8 Å². The number of hydrogen-bond donors (Lipinski definition) is 2. The molecule has 14 heavy (non-hydrogen) atoms. The standard InChI is InChI=1S/C11H17NOS/c1-11(2,12)10(13)8-4-6-9(14-3)7-5-8/h4-7,10,13H,12H2,1-3H3. The number of aliphatic hydroxyl groups excluding tert-OH is 1. The molecule has 0 fully saturated rings. The van der Waals surface area contributed by atoms with Crippen LogP contribution in [0.15, 0.2) is 29.2 Å². The predicted molar refractivity (Wildman–Crippen MR) is 61.4 cm³/mol. The zero-order valence-electron chi connectivity index (χ0n) is 8.82. The second kappa shape index (κ2) is 4.34. The van der Waals surface area contributed by atoms with Gasteiger partial charge in [-0.3, -0.25) is 0 Å². The first-order chi connectivity index (χ1) is 6.45. The smallest absolute Gasteiger partial charge is 0.0963 e. The Morgan fingerprint density at radius 1 is 1.29 bits per heavy atom. The molecule has 0 aromatic heterocycles. The maximum Gasteiger partial charge on any atom is 0.0963 e. The summed E-state index contributed by atoms with van der Waals surface area (Å²) in [7, 11) is 0. The molecule has 0 bridgehead atoms. The zero-order chi connectivity index (χ0) is 10.8. The van der Waals surface area contributed by atoms with E-state index in [2.05, 4.69) is 0 Å². The molecule has 1 aromatic carbocycles. The van der Waals surface area contributed by atoms with E-state index in [1.165, 1.54) is 4.90 Å². The zero-order valence-corrected chi connectivity index (χ0v) is 9.64. The van der Waals surface area contributed by atoms with Crippen LogP contribution in [0.4, 0.5) is 0 Å². The van der Waals surface area contributed by atoms with E-state index in [0.717, 1.165) is 5.56 Å². The molecule has 0 aliphatic carbocycles. The lowest BCUT2D eigenvalue weighted by Crippen LogP contribution is -2.39. The fourth-order valence-corrected chi connectivity index (χ4v) is 1.62. The van der Waals surface area contributed by atoms with Crippen LogP contribution in [-0.2, 0) is 0 Å². The summed E-state index contributed by atoms with van der Waals surface area (Å²) < 4.78 is 0. The Balaban J connectivity index is 2.87. The number of benzene rings is 1. The first kappa shape index (κ1) is 11.6. The molecule has 1 aromatic rings. The van der Waals surface area contributed by atoms with Crippen molar-refractivity contribution in [1.29, 1.82) is 0 Å². The Morgan fingerprint density at radius 3 is 2.14 bits per heavy atom. The van der Waals surface area contributed by atoms with Crippen molar-refractivity contribution >= 4 is 11.8 Å². The van der Waals surface area contributed by atoms with Crippen LogP contribution in [0.2, 0.25) is 0 Å². The van der Waals surface area contributed by atoms with Crippen LogP contribution >= 0.6 is 11.8 Å². The first-order valence-corrected chi connectivity index (χ1v) is 5.78. The summed E-state index contributed by atoms with van der Waals surface area (Å²) in [5, 5.41) is 9.89. The van der Waals surface area contributed by atoms with E-state index in [1.807, 2.05) is 44.4 Å². The van der Waals surface area contributed by atoms with E-state index < -0.39 is 11.6 Å². The summed E-state index contributed by atoms with van der Waals surface area (Å²) in [5.41, 5.74) is 6.10. The van der Waals surface area contributed by atoms with E-state index in [0.29, 0.717) is 0 Å². The summed E-state index contributed by atoms with van der Waals surface area (Å²) in [4.78, 5) is 1.19. The molecule has 0 heterocycles. The minimum Gasteiger partial charge on any atom is -0.387 e. The van der Waals surface area contributed by atoms with Crippen LogP contribution in [-0.4, -0.2) is 16.9 Å². The highest BCUT2D eigenvalue weighted by atomic mass is 32.2. The molecule has 3 N–H and O–H groups in total. The SMILES string of the molecule is CSc1ccc(C(O)C(C)(C)N)cc1. The van der Waals surface area contributed by atoms with Crippen molar-refractivity contribution in [2.24, 2.45) is 5.73 Å². The van der Waals surface area contributed by atoms with Crippen molar-refractivity contribution in [1.82, 2.24) is 0 Å². The molecule has 0 saturated heterocycles. The predicted octanol–water partition coefficient (Wildman–Crippen LogP) is 2.18. The van der Waals surface area contributed by atoms with Crippen LogP contribution < -0.4 is 5.73 Å². The lowest BCUT2D eigenvalue weighted by Gasteiger charge is -2.26. The van der Waals surface area contributed by atoms with Crippen LogP contribution in [0.5, 0.6) is 0 Å². The largest absolute Gasteiger partial charge is 0.387 e. The van der Waals surface area contributed by atoms with Gasteiger partial charge >= 0.3 is 0 Å². The number of rotatable bonds is 3. The Hall–Kier alpha value is -0.510. The molecule has 1 atom stereocenters. The lowest BCUT2D eigenvalue weighted by atomic mass is 9.93. The van der Waals surface area contributed by atoms with Gasteiger partial charge in [0.2, 0.25) is 0 Å². The van der Waals surface area contributed by atoms with E-state index in [-0.39, 0.29) is 0 Å². The van der Waals surface area contributed by atoms with Gasteiger partial charge in [0.25, 0.3) is 0 Å². The molecule has 0 aliphatic heterocycles. The molecule has 2 nitrogen and oxygen atoms in total. The van der Waals surface area contributed by atoms with Crippen molar-refractivity contribution in [3.63, 3.8) is 0 Å². The third kappa shape index (κ3) is 2.74. The third-order valence-electron chi connectivity index (χ3n) is 2.14. The highest BCUT2D eigenvalue weighted by Crippen LogP contribution is 2.25. The number of aliphatic hydroxyl groups is 1. The van der Waals surface area contributed by atoms with Crippen molar-refractivity contribution in [2.45, 2.75) is 30.4 Å². The van der Waals surface area contributed by atoms with E-state index in [9.17, 15) is 5.11 Å². The summed E-state index contributed by atoms with van der Waals surface area (Å²) in [5.74, 6) is 0. The highest BCUT2D eigenvalue weighted by Gasteiger charge is 2.23. The Labute approximate surface area is 89.5 Å². The Kier molecular flexibility index (Phi) is 3.59. The molecular formula is C11H17NOS. The van der Waals surface area contributed by atoms with Crippen molar-refractivity contribution in [3.8, 4) is 0 Å². The van der Waals surface area contributed by atoms with Gasteiger partial charge in [0, 0.05) is 10.4 Å². The molecular weight excluding hydrogens is 194 g/mol. The van der Waals surface area contributed by atoms with E-state index >= 15 is 0 Å². The lowest BCUT2D eigenvalue weighted by molar-refractivity contribution is 0.104. The van der Waals surface area contributed by atoms with Gasteiger partial charge < -0.3 is 10.8 Å². The fraction of sp³-hybridized carbons (Fsp3) is 0.455. The van der Waals surface area contributed by atoms with Crippen LogP contribution in [0.3, 0.4) is 0 Å². The average molecular weight is 211 g/mol. The summed E-state index contributed by atoms with van der Waals surface area (Å²) in [6.07, 6.45) is 1.41. The molecule has 78 valence electrons. The summed E-state index contributed by atoms with van der Waals surface area (Å²) in [6, 6.07) is 7.83. The van der Waals surface area contributed by atoms with E-state index in [1.54, 1.807) is 11.8 Å². The van der Waals surface area contributed by atoms with Gasteiger partial charge in [-0.1, -0.05) is 12.1 Å². The van der Waals surface area contributed by atoms with Gasteiger partial charge in [0.15, 0.2) is 0 Å². The van der Waals surface area contributed by atoms with Gasteiger partial charge in [-0.15, -0.1) is 11.8 Å². The Morgan fingerprint density at radius 2 is 1.79 bits per heavy atom. The first-order valence-electron chi connectivity index (χ1n) is 4.56. The maximum absolute atomic E-state index is 9.89. The fourth-order valence-electron chi connectivity index (χ4n) is 1.22. The molecule has 0 radical (unpaired) electrons. The van der Waals surface area contributed by atoms with Crippen molar-refractivity contribution in [3.05, 3.63) is 29.8 Å². The minimum absolute atomic E-state index is 0.596. The molecule has 0 spiro atoms. The van der Waals surface area contributed by atoms with Gasteiger partial charge in [0.05, 0.1) is 6.10 Å². The van der Waals surface area contributed by atoms with Gasteiger partial charge in [-0.2, -0.15) is 0 Å². The van der Waals surface area contributed by atoms with Gasteiger partial charge in [0.1, 0.15) is 0 Å². The Bertz CT molecular complexity index is 289. The monoisotopic (exact) mass is 211 g/mol. The van der Waals surface area contributed by atoms with Crippen LogP contribution in [0.1, 0.15) is 25.5 Å². The number of thioether (sulfide) groups is 1. The quantitative estimate of drug-likeness (QED) is 0.753. The van der Waals surface area contributed by atoms with Gasteiger partial charge in [-0.25, -0.2) is 0 Å². The minimum atomic E-state index is -0.613. The molecule has 0 saturated carbocycles. The third-order valence-corrected chi connectivity index (χ3v) is 2.88. The summed E-state index contributed by atoms with van der Waals surface area (Å²) in [6.45, 7) is 3.64. The average Bonchev–Trinajstić information content (AvgIpc) is 2.15. The number of hydrogen-bond acceptors (Lipinski definition) is 3. The number of nitrogens with two attached hydrogens (primary N) is 1. The van der Waals surface area contributed by atoms with Crippen molar-refractivity contribution in [2.75, 3.05) is 6.26 Å². The van der Waals surface area contributed by atoms with Crippen LogP contribution in [0, 0.1) is 0 Å². The molecule has 1 unspecified atom stereocenters. The topological polar surface area (TPSA) is 46.2 Å². The van der Waals surface area contributed by atoms with E-state index in [4.69, 9.17) is 5.73 Å². The van der Waals surface area contributed by atoms with Crippen LogP contribution in [0.25, 0.3) is 0 Å². The summed E-state index contributed by atoms with van der Waals surface area (Å²) >= 11 is 1.68. The molecule has 1 rings (SSSR count). The molecule has 0 amide bonds. The normalized spacial score (nSPS) is 14.1. The second-order valence-electron chi connectivity index (χ2n) is 4.00. The maximum atomic E-state index is 9.89.